The molecule has 0 saturated carbocycles. The van der Waals surface area contributed by atoms with Gasteiger partial charge in [0.1, 0.15) is 0 Å². The Balaban J connectivity index is 0.000000144. The van der Waals surface area contributed by atoms with Gasteiger partial charge in [-0.05, 0) is 6.92 Å². The van der Waals surface area contributed by atoms with E-state index in [1.54, 1.807) is 12.1 Å². The number of rotatable bonds is 8. The van der Waals surface area contributed by atoms with E-state index in [4.69, 9.17) is 13.1 Å². The summed E-state index contributed by atoms with van der Waals surface area (Å²) in [6.07, 6.45) is -4.39. The van der Waals surface area contributed by atoms with Gasteiger partial charge in [0.05, 0.1) is 0 Å². The van der Waals surface area contributed by atoms with E-state index in [1.807, 2.05) is 48.5 Å². The fourth-order valence-electron chi connectivity index (χ4n) is 18.3. The Bertz CT molecular complexity index is 7700. The molecule has 0 fully saturated rings. The Hall–Kier alpha value is -13.7. The maximum atomic E-state index is 13.6. The third-order valence-corrected chi connectivity index (χ3v) is 28.4. The summed E-state index contributed by atoms with van der Waals surface area (Å²) >= 11 is 0.141. The van der Waals surface area contributed by atoms with Crippen molar-refractivity contribution in [3.63, 3.8) is 0 Å². The molecule has 22 aromatic rings. The second kappa shape index (κ2) is 27.9. The van der Waals surface area contributed by atoms with Crippen molar-refractivity contribution in [2.24, 2.45) is 0 Å². The zero-order chi connectivity index (χ0) is 77.2. The van der Waals surface area contributed by atoms with E-state index in [0.717, 1.165) is 82.0 Å². The summed E-state index contributed by atoms with van der Waals surface area (Å²) in [5.41, 5.74) is 20.0. The predicted octanol–water partition coefficient (Wildman–Crippen LogP) is 31.1. The summed E-state index contributed by atoms with van der Waals surface area (Å²) in [5.74, 6) is 0. The molecule has 2 nitrogen and oxygen atoms in total. The number of benzene rings is 20. The van der Waals surface area contributed by atoms with E-state index in [9.17, 15) is 13.2 Å². The van der Waals surface area contributed by atoms with E-state index in [1.165, 1.54) is 149 Å². The minimum atomic E-state index is -4.39. The van der Waals surface area contributed by atoms with Gasteiger partial charge in [0.15, 0.2) is 0 Å². The fourth-order valence-corrected chi connectivity index (χ4v) is 23.4. The molecular formula is C108H63F3N2Se2. The van der Waals surface area contributed by atoms with Crippen LogP contribution >= 0.6 is 0 Å². The summed E-state index contributed by atoms with van der Waals surface area (Å²) < 4.78 is 46.3. The van der Waals surface area contributed by atoms with Crippen molar-refractivity contribution < 1.29 is 13.2 Å². The summed E-state index contributed by atoms with van der Waals surface area (Å²) in [5, 5.41) is 23.7. The molecule has 0 atom stereocenters. The number of hydrogen-bond acceptors (Lipinski definition) is 0. The Labute approximate surface area is 673 Å². The van der Waals surface area contributed by atoms with Gasteiger partial charge in [0, 0.05) is 0 Å². The van der Waals surface area contributed by atoms with Crippen molar-refractivity contribution in [1.29, 1.82) is 0 Å². The van der Waals surface area contributed by atoms with Gasteiger partial charge in [0.25, 0.3) is 0 Å². The van der Waals surface area contributed by atoms with Crippen LogP contribution in [0.2, 0.25) is 0 Å². The van der Waals surface area contributed by atoms with E-state index >= 15 is 0 Å². The first-order valence-electron chi connectivity index (χ1n) is 38.4. The third-order valence-electron chi connectivity index (χ3n) is 23.3. The van der Waals surface area contributed by atoms with Gasteiger partial charge in [-0.25, -0.2) is 0 Å². The van der Waals surface area contributed by atoms with Crippen molar-refractivity contribution in [2.75, 3.05) is 0 Å². The number of aryl methyl sites for hydroxylation is 1. The molecule has 0 aliphatic heterocycles. The van der Waals surface area contributed by atoms with Crippen LogP contribution in [0.25, 0.3) is 223 Å². The molecule has 0 spiro atoms. The molecule has 538 valence electrons. The number of fused-ring (bicyclic) bond motifs is 14. The summed E-state index contributed by atoms with van der Waals surface area (Å²) in [6.45, 7) is 18.1. The zero-order valence-corrected chi connectivity index (χ0v) is 65.4. The van der Waals surface area contributed by atoms with Crippen LogP contribution in [-0.2, 0) is 6.18 Å². The van der Waals surface area contributed by atoms with Gasteiger partial charge in [-0.3, -0.25) is 0 Å². The van der Waals surface area contributed by atoms with E-state index in [-0.39, 0.29) is 29.0 Å². The third kappa shape index (κ3) is 11.3. The van der Waals surface area contributed by atoms with E-state index < -0.39 is 11.7 Å². The number of halogens is 3. The second-order valence-corrected chi connectivity index (χ2v) is 34.0. The van der Waals surface area contributed by atoms with Crippen LogP contribution in [-0.4, -0.2) is 29.0 Å². The van der Waals surface area contributed by atoms with Crippen LogP contribution in [0.1, 0.15) is 11.1 Å². The van der Waals surface area contributed by atoms with Gasteiger partial charge < -0.3 is 6.57 Å². The summed E-state index contributed by atoms with van der Waals surface area (Å²) in [6, 6.07) is 127. The van der Waals surface area contributed by atoms with Crippen LogP contribution < -0.4 is 0 Å². The van der Waals surface area contributed by atoms with E-state index in [2.05, 4.69) is 308 Å². The summed E-state index contributed by atoms with van der Waals surface area (Å²) in [4.78, 5) is 7.87. The van der Waals surface area contributed by atoms with Gasteiger partial charge in [-0.15, -0.1) is 0 Å². The molecule has 0 radical (unpaired) electrons. The average molecular weight is 1600 g/mol. The van der Waals surface area contributed by atoms with Gasteiger partial charge >= 0.3 is 665 Å². The molecule has 2 heterocycles. The van der Waals surface area contributed by atoms with Crippen LogP contribution in [0.15, 0.2) is 364 Å². The van der Waals surface area contributed by atoms with Crippen LogP contribution in [0.3, 0.4) is 0 Å². The SMILES string of the molecule is Cc1ccc(-c2c3ccccc3c(-c3ccc4[se]c5c(-c6c7ccccc7c(-c7ccc(C(F)(F)F)cc7)c7ccccc67)cccc5c4c3)c3ccccc23)cc1.[C-]#[N+]c1ccccc1-c1c2ccccc2c(-c2ccc3[se]c4c(-c5c6ccccc6c(-c6ccccc6[N+]#[C-])c6ccccc56)cccc4c3c2)c2ccccc12. The van der Waals surface area contributed by atoms with Gasteiger partial charge in [-0.1, -0.05) is 0 Å². The minimum absolute atomic E-state index is 0.0491. The van der Waals surface area contributed by atoms with Crippen molar-refractivity contribution in [3.8, 4) is 89.0 Å². The van der Waals surface area contributed by atoms with Crippen LogP contribution in [0, 0.1) is 20.1 Å². The van der Waals surface area contributed by atoms with Gasteiger partial charge in [-0.2, -0.15) is 0 Å². The maximum absolute atomic E-state index is 13.6. The molecule has 0 aliphatic carbocycles. The van der Waals surface area contributed by atoms with Crippen molar-refractivity contribution in [1.82, 2.24) is 0 Å². The van der Waals surface area contributed by atoms with Crippen molar-refractivity contribution in [3.05, 3.63) is 398 Å². The molecule has 0 saturated heterocycles. The van der Waals surface area contributed by atoms with Crippen molar-refractivity contribution >= 4 is 165 Å². The first-order chi connectivity index (χ1) is 56.6. The molecule has 0 aliphatic rings. The quantitative estimate of drug-likeness (QED) is 0.0814. The summed E-state index contributed by atoms with van der Waals surface area (Å²) in [7, 11) is 0. The Morgan fingerprint density at radius 1 is 0.226 bits per heavy atom. The Morgan fingerprint density at radius 2 is 0.461 bits per heavy atom. The number of nitrogens with zero attached hydrogens (tertiary/aromatic N) is 2. The van der Waals surface area contributed by atoms with Crippen LogP contribution in [0.5, 0.6) is 0 Å². The molecule has 0 amide bonds. The Kier molecular flexibility index (Phi) is 16.8. The normalized spacial score (nSPS) is 11.8. The molecule has 22 rings (SSSR count). The average Bonchev–Trinajstić information content (AvgIpc) is 1.70. The second-order valence-electron chi connectivity index (χ2n) is 29.6. The zero-order valence-electron chi connectivity index (χ0n) is 62.0. The molecule has 7 heteroatoms. The molecule has 2 aromatic heterocycles. The first-order valence-corrected chi connectivity index (χ1v) is 41.8. The molecule has 0 unspecified atom stereocenters. The van der Waals surface area contributed by atoms with Crippen LogP contribution in [0.4, 0.5) is 24.5 Å². The molecular weight excluding hydrogens is 1540 g/mol. The number of hydrogen-bond donors (Lipinski definition) is 0. The van der Waals surface area contributed by atoms with Gasteiger partial charge in [0.2, 0.25) is 0 Å². The Morgan fingerprint density at radius 3 is 0.757 bits per heavy atom. The monoisotopic (exact) mass is 1600 g/mol. The predicted molar refractivity (Wildman–Crippen MR) is 483 cm³/mol. The standard InChI is InChI=1S/C54H33F3Se.C54H30N2Se/c1-32-21-23-33(24-22-32)49-37-11-2-4-13-39(37)51(40-14-5-3-12-38(40)49)35-27-30-48-47(31-35)45-19-10-20-46(53(45)58-48)52-43-17-8-6-15-41(43)50(42-16-7-9-18-44(42)52)34-25-28-36(29-26-34)54(55,56)57;1-55-47-28-13-11-24-43(47)51-36-18-5-3-16-34(36)50(35-17-4-6-19-37(35)51)33-30-31-49-46(32-33)42-26-15-27-45(54(42)57-49)53-40-22-9-7-20-38(40)52(39-21-8-10-23-41(39)53)44-25-12-14-29-48(44)56-2/h2-31H,1H3;3-32H. The topological polar surface area (TPSA) is 8.72 Å². The molecule has 115 heavy (non-hydrogen) atoms. The molecule has 0 bridgehead atoms. The molecule has 0 N–H and O–H groups in total. The number of alkyl halides is 3. The van der Waals surface area contributed by atoms with E-state index in [0.29, 0.717) is 11.4 Å². The first kappa shape index (κ1) is 69.3. The number of para-hydroxylation sites is 2. The van der Waals surface area contributed by atoms with Crippen molar-refractivity contribution in [2.45, 2.75) is 13.1 Å². The fraction of sp³-hybridized carbons (Fsp3) is 0.0185. The molecule has 20 aromatic carbocycles.